The summed E-state index contributed by atoms with van der Waals surface area (Å²) in [5.74, 6) is 0.640. The van der Waals surface area contributed by atoms with Gasteiger partial charge in [0.25, 0.3) is 5.91 Å². The third kappa shape index (κ3) is 3.39. The molecule has 2 heterocycles. The van der Waals surface area contributed by atoms with E-state index in [1.54, 1.807) is 6.20 Å². The Kier molecular flexibility index (Phi) is 4.54. The highest BCUT2D eigenvalue weighted by atomic mass is 16.1. The molecule has 0 bridgehead atoms. The highest BCUT2D eigenvalue weighted by Gasteiger charge is 2.21. The Morgan fingerprint density at radius 2 is 1.73 bits per heavy atom. The van der Waals surface area contributed by atoms with E-state index in [1.165, 1.54) is 0 Å². The molecule has 0 spiro atoms. The standard InChI is InChI=1S/C21H22N4O/c1-24-11-13-25(14-12-24)20-19(7-4-10-22-20)21(26)23-18-9-8-16-5-2-3-6-17(16)15-18/h2-10,15H,11-14H2,1H3,(H,23,26). The smallest absolute Gasteiger partial charge is 0.259 e. The number of likely N-dealkylation sites (N-methyl/N-ethyl adjacent to an activating group) is 1. The Morgan fingerprint density at radius 3 is 2.54 bits per heavy atom. The van der Waals surface area contributed by atoms with Crippen molar-refractivity contribution in [3.63, 3.8) is 0 Å². The van der Waals surface area contributed by atoms with Crippen molar-refractivity contribution in [1.82, 2.24) is 9.88 Å². The molecule has 0 atom stereocenters. The van der Waals surface area contributed by atoms with E-state index < -0.39 is 0 Å². The molecule has 2 aromatic carbocycles. The molecule has 1 fully saturated rings. The maximum Gasteiger partial charge on any atom is 0.259 e. The Labute approximate surface area is 153 Å². The van der Waals surface area contributed by atoms with Crippen molar-refractivity contribution >= 4 is 28.2 Å². The predicted octanol–water partition coefficient (Wildman–Crippen LogP) is 3.24. The highest BCUT2D eigenvalue weighted by Crippen LogP contribution is 2.22. The number of piperazine rings is 1. The Bertz CT molecular complexity index is 932. The molecular weight excluding hydrogens is 324 g/mol. The Hall–Kier alpha value is -2.92. The third-order valence-corrected chi connectivity index (χ3v) is 4.84. The molecule has 5 heteroatoms. The van der Waals surface area contributed by atoms with Gasteiger partial charge in [-0.1, -0.05) is 30.3 Å². The fourth-order valence-electron chi connectivity index (χ4n) is 3.31. The molecule has 1 aliphatic rings. The summed E-state index contributed by atoms with van der Waals surface area (Å²) in [4.78, 5) is 21.9. The summed E-state index contributed by atoms with van der Waals surface area (Å²) < 4.78 is 0. The van der Waals surface area contributed by atoms with Crippen molar-refractivity contribution in [2.24, 2.45) is 0 Å². The van der Waals surface area contributed by atoms with Gasteiger partial charge in [-0.15, -0.1) is 0 Å². The summed E-state index contributed by atoms with van der Waals surface area (Å²) in [7, 11) is 2.11. The molecule has 1 aliphatic heterocycles. The lowest BCUT2D eigenvalue weighted by molar-refractivity contribution is 0.102. The zero-order valence-corrected chi connectivity index (χ0v) is 14.9. The van der Waals surface area contributed by atoms with Crippen molar-refractivity contribution in [3.05, 3.63) is 66.4 Å². The van der Waals surface area contributed by atoms with Crippen LogP contribution >= 0.6 is 0 Å². The number of rotatable bonds is 3. The van der Waals surface area contributed by atoms with Gasteiger partial charge in [0.15, 0.2) is 0 Å². The lowest BCUT2D eigenvalue weighted by Gasteiger charge is -2.34. The Balaban J connectivity index is 1.57. The minimum absolute atomic E-state index is 0.123. The van der Waals surface area contributed by atoms with E-state index in [-0.39, 0.29) is 5.91 Å². The molecule has 26 heavy (non-hydrogen) atoms. The minimum atomic E-state index is -0.123. The van der Waals surface area contributed by atoms with Crippen LogP contribution < -0.4 is 10.2 Å². The quantitative estimate of drug-likeness (QED) is 0.791. The van der Waals surface area contributed by atoms with Gasteiger partial charge in [-0.25, -0.2) is 4.98 Å². The number of amides is 1. The fraction of sp³-hybridized carbons (Fsp3) is 0.238. The first kappa shape index (κ1) is 16.5. The van der Waals surface area contributed by atoms with E-state index in [9.17, 15) is 4.79 Å². The SMILES string of the molecule is CN1CCN(c2ncccc2C(=O)Nc2ccc3ccccc3c2)CC1. The predicted molar refractivity (Wildman–Crippen MR) is 106 cm³/mol. The number of carbonyl (C=O) groups excluding carboxylic acids is 1. The minimum Gasteiger partial charge on any atom is -0.353 e. The summed E-state index contributed by atoms with van der Waals surface area (Å²) in [6.07, 6.45) is 1.75. The molecule has 1 aromatic heterocycles. The second-order valence-corrected chi connectivity index (χ2v) is 6.68. The zero-order chi connectivity index (χ0) is 17.9. The van der Waals surface area contributed by atoms with Crippen LogP contribution in [0.1, 0.15) is 10.4 Å². The van der Waals surface area contributed by atoms with E-state index in [2.05, 4.69) is 33.2 Å². The number of benzene rings is 2. The average molecular weight is 346 g/mol. The van der Waals surface area contributed by atoms with Crippen molar-refractivity contribution in [2.45, 2.75) is 0 Å². The van der Waals surface area contributed by atoms with E-state index in [0.29, 0.717) is 5.56 Å². The number of nitrogens with one attached hydrogen (secondary N) is 1. The second kappa shape index (κ2) is 7.14. The summed E-state index contributed by atoms with van der Waals surface area (Å²) in [5.41, 5.74) is 1.41. The van der Waals surface area contributed by atoms with Gasteiger partial charge < -0.3 is 15.1 Å². The van der Waals surface area contributed by atoms with Crippen LogP contribution in [0.4, 0.5) is 11.5 Å². The molecule has 4 rings (SSSR count). The van der Waals surface area contributed by atoms with E-state index >= 15 is 0 Å². The van der Waals surface area contributed by atoms with Gasteiger partial charge in [-0.05, 0) is 42.1 Å². The average Bonchev–Trinajstić information content (AvgIpc) is 2.68. The van der Waals surface area contributed by atoms with Crippen LogP contribution in [0, 0.1) is 0 Å². The number of hydrogen-bond donors (Lipinski definition) is 1. The van der Waals surface area contributed by atoms with Crippen molar-refractivity contribution in [1.29, 1.82) is 0 Å². The number of aromatic nitrogens is 1. The first-order valence-corrected chi connectivity index (χ1v) is 8.89. The molecule has 1 N–H and O–H groups in total. The van der Waals surface area contributed by atoms with Crippen LogP contribution in [0.2, 0.25) is 0 Å². The van der Waals surface area contributed by atoms with Gasteiger partial charge in [0, 0.05) is 38.1 Å². The van der Waals surface area contributed by atoms with Crippen LogP contribution in [-0.4, -0.2) is 49.0 Å². The number of fused-ring (bicyclic) bond motifs is 1. The molecule has 0 unspecified atom stereocenters. The van der Waals surface area contributed by atoms with Crippen LogP contribution in [0.3, 0.4) is 0 Å². The number of nitrogens with zero attached hydrogens (tertiary/aromatic N) is 3. The van der Waals surface area contributed by atoms with E-state index in [0.717, 1.165) is 48.5 Å². The van der Waals surface area contributed by atoms with Gasteiger partial charge in [0.2, 0.25) is 0 Å². The number of carbonyl (C=O) groups is 1. The summed E-state index contributed by atoms with van der Waals surface area (Å²) in [6, 6.07) is 17.7. The van der Waals surface area contributed by atoms with Gasteiger partial charge in [0.1, 0.15) is 5.82 Å². The molecule has 3 aromatic rings. The molecule has 0 aliphatic carbocycles. The van der Waals surface area contributed by atoms with Crippen molar-refractivity contribution < 1.29 is 4.79 Å². The molecular formula is C21H22N4O. The second-order valence-electron chi connectivity index (χ2n) is 6.68. The third-order valence-electron chi connectivity index (χ3n) is 4.84. The monoisotopic (exact) mass is 346 g/mol. The van der Waals surface area contributed by atoms with Gasteiger partial charge >= 0.3 is 0 Å². The van der Waals surface area contributed by atoms with Crippen LogP contribution in [-0.2, 0) is 0 Å². The molecule has 1 saturated heterocycles. The largest absolute Gasteiger partial charge is 0.353 e. The van der Waals surface area contributed by atoms with Crippen LogP contribution in [0.15, 0.2) is 60.8 Å². The van der Waals surface area contributed by atoms with Crippen molar-refractivity contribution in [3.8, 4) is 0 Å². The molecule has 132 valence electrons. The number of anilines is 2. The van der Waals surface area contributed by atoms with Crippen LogP contribution in [0.5, 0.6) is 0 Å². The zero-order valence-electron chi connectivity index (χ0n) is 14.9. The lowest BCUT2D eigenvalue weighted by atomic mass is 10.1. The summed E-state index contributed by atoms with van der Waals surface area (Å²) in [5, 5.41) is 5.29. The maximum absolute atomic E-state index is 12.9. The summed E-state index contributed by atoms with van der Waals surface area (Å²) in [6.45, 7) is 3.71. The number of hydrogen-bond acceptors (Lipinski definition) is 4. The topological polar surface area (TPSA) is 48.5 Å². The first-order valence-electron chi connectivity index (χ1n) is 8.89. The van der Waals surface area contributed by atoms with E-state index in [4.69, 9.17) is 0 Å². The van der Waals surface area contributed by atoms with Gasteiger partial charge in [0.05, 0.1) is 5.56 Å². The van der Waals surface area contributed by atoms with Gasteiger partial charge in [-0.3, -0.25) is 4.79 Å². The highest BCUT2D eigenvalue weighted by molar-refractivity contribution is 6.08. The maximum atomic E-state index is 12.9. The molecule has 1 amide bonds. The normalized spacial score (nSPS) is 15.2. The molecule has 0 radical (unpaired) electrons. The molecule has 0 saturated carbocycles. The van der Waals surface area contributed by atoms with Crippen LogP contribution in [0.25, 0.3) is 10.8 Å². The van der Waals surface area contributed by atoms with Crippen molar-refractivity contribution in [2.75, 3.05) is 43.4 Å². The number of pyridine rings is 1. The molecule has 5 nitrogen and oxygen atoms in total. The first-order chi connectivity index (χ1) is 12.7. The van der Waals surface area contributed by atoms with E-state index in [1.807, 2.05) is 48.5 Å². The van der Waals surface area contributed by atoms with Gasteiger partial charge in [-0.2, -0.15) is 0 Å². The lowest BCUT2D eigenvalue weighted by Crippen LogP contribution is -2.45. The Morgan fingerprint density at radius 1 is 0.962 bits per heavy atom. The fourth-order valence-corrected chi connectivity index (χ4v) is 3.31. The summed E-state index contributed by atoms with van der Waals surface area (Å²) >= 11 is 0.